The molecule has 2 fully saturated rings. The second-order valence-electron chi connectivity index (χ2n) is 10.3. The van der Waals surface area contributed by atoms with Gasteiger partial charge in [0.2, 0.25) is 5.91 Å². The first-order valence-electron chi connectivity index (χ1n) is 13.7. The summed E-state index contributed by atoms with van der Waals surface area (Å²) in [7, 11) is 4.96. The lowest BCUT2D eigenvalue weighted by atomic mass is 9.99. The first-order chi connectivity index (χ1) is 18.6. The zero-order valence-electron chi connectivity index (χ0n) is 22.7. The van der Waals surface area contributed by atoms with Gasteiger partial charge >= 0.3 is 0 Å². The van der Waals surface area contributed by atoms with E-state index in [2.05, 4.69) is 6.07 Å². The van der Waals surface area contributed by atoms with Crippen LogP contribution in [0.3, 0.4) is 0 Å². The quantitative estimate of drug-likeness (QED) is 0.327. The molecule has 38 heavy (non-hydrogen) atoms. The highest BCUT2D eigenvalue weighted by molar-refractivity contribution is 5.93. The molecule has 0 N–H and O–H groups in total. The predicted octanol–water partition coefficient (Wildman–Crippen LogP) is 6.02. The maximum absolute atomic E-state index is 13.7. The van der Waals surface area contributed by atoms with Crippen LogP contribution < -0.4 is 14.2 Å². The molecule has 2 aliphatic rings. The van der Waals surface area contributed by atoms with E-state index in [0.29, 0.717) is 42.4 Å². The molecule has 1 amide bonds. The van der Waals surface area contributed by atoms with E-state index < -0.39 is 0 Å². The van der Waals surface area contributed by atoms with Gasteiger partial charge < -0.3 is 23.8 Å². The number of benzene rings is 2. The Kier molecular flexibility index (Phi) is 8.32. The zero-order valence-corrected chi connectivity index (χ0v) is 22.7. The molecule has 2 heterocycles. The molecular weight excluding hydrogens is 480 g/mol. The maximum atomic E-state index is 13.7. The number of para-hydroxylation sites is 1. The fraction of sp³-hybridized carbons (Fsp3) is 0.484. The van der Waals surface area contributed by atoms with Crippen LogP contribution in [0.1, 0.15) is 50.5 Å². The molecule has 0 radical (unpaired) electrons. The fourth-order valence-corrected chi connectivity index (χ4v) is 5.87. The van der Waals surface area contributed by atoms with Gasteiger partial charge in [0.25, 0.3) is 0 Å². The summed E-state index contributed by atoms with van der Waals surface area (Å²) in [5, 5.41) is 0.848. The number of pyridine rings is 1. The van der Waals surface area contributed by atoms with Gasteiger partial charge in [0.05, 0.1) is 33.1 Å². The molecule has 1 saturated carbocycles. The Hall–Kier alpha value is -3.32. The van der Waals surface area contributed by atoms with Crippen molar-refractivity contribution in [2.75, 3.05) is 34.5 Å². The van der Waals surface area contributed by atoms with E-state index in [1.165, 1.54) is 12.8 Å². The Labute approximate surface area is 225 Å². The molecule has 2 aromatic carbocycles. The lowest BCUT2D eigenvalue weighted by Gasteiger charge is -2.28. The number of fused-ring (bicyclic) bond motifs is 1. The second kappa shape index (κ2) is 12.0. The van der Waals surface area contributed by atoms with E-state index in [0.717, 1.165) is 60.2 Å². The Morgan fingerprint density at radius 3 is 2.39 bits per heavy atom. The van der Waals surface area contributed by atoms with Crippen LogP contribution in [0.4, 0.5) is 0 Å². The Morgan fingerprint density at radius 2 is 1.68 bits per heavy atom. The minimum atomic E-state index is 0.0697. The summed E-state index contributed by atoms with van der Waals surface area (Å²) >= 11 is 0. The molecule has 3 aromatic rings. The number of methoxy groups -OCH3 is 3. The molecule has 202 valence electrons. The van der Waals surface area contributed by atoms with Gasteiger partial charge in [-0.25, -0.2) is 4.98 Å². The van der Waals surface area contributed by atoms with Crippen molar-refractivity contribution in [2.24, 2.45) is 5.92 Å². The Bertz CT molecular complexity index is 1260. The fourth-order valence-electron chi connectivity index (χ4n) is 5.87. The third-order valence-corrected chi connectivity index (χ3v) is 7.89. The third kappa shape index (κ3) is 5.58. The van der Waals surface area contributed by atoms with Crippen molar-refractivity contribution in [3.05, 3.63) is 48.0 Å². The molecule has 1 atom stereocenters. The van der Waals surface area contributed by atoms with Gasteiger partial charge in [0.1, 0.15) is 22.8 Å². The van der Waals surface area contributed by atoms with Gasteiger partial charge in [-0.15, -0.1) is 0 Å². The topological polar surface area (TPSA) is 70.1 Å². The number of aromatic nitrogens is 1. The van der Waals surface area contributed by atoms with Gasteiger partial charge in [0, 0.05) is 37.1 Å². The summed E-state index contributed by atoms with van der Waals surface area (Å²) in [6.45, 7) is 1.78. The van der Waals surface area contributed by atoms with Crippen molar-refractivity contribution >= 4 is 16.8 Å². The van der Waals surface area contributed by atoms with Gasteiger partial charge in [0.15, 0.2) is 0 Å². The number of ether oxygens (including phenoxy) is 4. The molecule has 7 heteroatoms. The monoisotopic (exact) mass is 518 g/mol. The van der Waals surface area contributed by atoms with Crippen LogP contribution in [0.15, 0.2) is 42.5 Å². The minimum absolute atomic E-state index is 0.0697. The summed E-state index contributed by atoms with van der Waals surface area (Å²) in [4.78, 5) is 20.8. The van der Waals surface area contributed by atoms with E-state index in [9.17, 15) is 4.79 Å². The number of carbonyl (C=O) groups excluding carboxylic acids is 1. The van der Waals surface area contributed by atoms with Crippen LogP contribution in [-0.4, -0.2) is 56.4 Å². The normalized spacial score (nSPS) is 17.6. The molecule has 1 aliphatic heterocycles. The number of carbonyl (C=O) groups is 1. The van der Waals surface area contributed by atoms with E-state index >= 15 is 0 Å². The lowest BCUT2D eigenvalue weighted by molar-refractivity contribution is -0.134. The average Bonchev–Trinajstić information content (AvgIpc) is 3.66. The second-order valence-corrected chi connectivity index (χ2v) is 10.3. The van der Waals surface area contributed by atoms with Gasteiger partial charge in [-0.1, -0.05) is 25.0 Å². The summed E-state index contributed by atoms with van der Waals surface area (Å²) in [5.74, 6) is 2.77. The molecule has 7 nitrogen and oxygen atoms in total. The van der Waals surface area contributed by atoms with Crippen molar-refractivity contribution in [3.63, 3.8) is 0 Å². The highest BCUT2D eigenvalue weighted by Crippen LogP contribution is 2.39. The molecule has 5 rings (SSSR count). The molecule has 1 aliphatic carbocycles. The molecule has 0 unspecified atom stereocenters. The first-order valence-corrected chi connectivity index (χ1v) is 13.7. The van der Waals surface area contributed by atoms with Crippen LogP contribution in [0.25, 0.3) is 22.2 Å². The number of hydrogen-bond donors (Lipinski definition) is 0. The van der Waals surface area contributed by atoms with E-state index in [-0.39, 0.29) is 12.0 Å². The van der Waals surface area contributed by atoms with Crippen molar-refractivity contribution in [2.45, 2.75) is 57.6 Å². The van der Waals surface area contributed by atoms with E-state index in [1.807, 2.05) is 41.3 Å². The summed E-state index contributed by atoms with van der Waals surface area (Å²) < 4.78 is 23.1. The molecule has 1 aromatic heterocycles. The highest BCUT2D eigenvalue weighted by Gasteiger charge is 2.28. The van der Waals surface area contributed by atoms with Crippen molar-refractivity contribution in [1.82, 2.24) is 9.88 Å². The van der Waals surface area contributed by atoms with Crippen LogP contribution in [0.2, 0.25) is 0 Å². The molecule has 1 saturated heterocycles. The number of hydrogen-bond acceptors (Lipinski definition) is 6. The molecule has 0 spiro atoms. The number of nitrogens with zero attached hydrogens (tertiary/aromatic N) is 2. The van der Waals surface area contributed by atoms with Crippen LogP contribution >= 0.6 is 0 Å². The minimum Gasteiger partial charge on any atom is -0.496 e. The van der Waals surface area contributed by atoms with Gasteiger partial charge in [-0.05, 0) is 67.5 Å². The SMILES string of the molecule is COc1ccccc1-c1nc2c(OC)ccc(OC)c2cc1CN(C[C@H]1CCCO1)C(=O)CC1CCCC1. The summed E-state index contributed by atoms with van der Waals surface area (Å²) in [6, 6.07) is 13.7. The van der Waals surface area contributed by atoms with Crippen LogP contribution in [-0.2, 0) is 16.1 Å². The zero-order chi connectivity index (χ0) is 26.5. The maximum Gasteiger partial charge on any atom is 0.223 e. The lowest BCUT2D eigenvalue weighted by Crippen LogP contribution is -2.37. The predicted molar refractivity (Wildman–Crippen MR) is 148 cm³/mol. The smallest absolute Gasteiger partial charge is 0.223 e. The Balaban J connectivity index is 1.61. The Morgan fingerprint density at radius 1 is 0.947 bits per heavy atom. The largest absolute Gasteiger partial charge is 0.496 e. The van der Waals surface area contributed by atoms with Crippen LogP contribution in [0.5, 0.6) is 17.2 Å². The highest BCUT2D eigenvalue weighted by atomic mass is 16.5. The first kappa shape index (κ1) is 26.3. The average molecular weight is 519 g/mol. The number of amides is 1. The summed E-state index contributed by atoms with van der Waals surface area (Å²) in [6.07, 6.45) is 7.40. The van der Waals surface area contributed by atoms with E-state index in [1.54, 1.807) is 21.3 Å². The summed E-state index contributed by atoms with van der Waals surface area (Å²) in [5.41, 5.74) is 3.29. The van der Waals surface area contributed by atoms with E-state index in [4.69, 9.17) is 23.9 Å². The number of rotatable bonds is 10. The third-order valence-electron chi connectivity index (χ3n) is 7.89. The van der Waals surface area contributed by atoms with Gasteiger partial charge in [-0.3, -0.25) is 4.79 Å². The van der Waals surface area contributed by atoms with Crippen molar-refractivity contribution in [3.8, 4) is 28.5 Å². The van der Waals surface area contributed by atoms with Crippen LogP contribution in [0, 0.1) is 5.92 Å². The van der Waals surface area contributed by atoms with Crippen molar-refractivity contribution in [1.29, 1.82) is 0 Å². The molecule has 0 bridgehead atoms. The standard InChI is InChI=1S/C31H38N2O5/c1-35-26-13-7-6-12-24(26)30-22(18-25-27(36-2)14-15-28(37-3)31(25)32-30)19-33(20-23-11-8-16-38-23)29(34)17-21-9-4-5-10-21/h6-7,12-15,18,21,23H,4-5,8-11,16-17,19-20H2,1-3H3/t23-/m1/s1. The molecular formula is C31H38N2O5. The van der Waals surface area contributed by atoms with Crippen molar-refractivity contribution < 1.29 is 23.7 Å². The van der Waals surface area contributed by atoms with Gasteiger partial charge in [-0.2, -0.15) is 0 Å².